The number of carbonyl (C=O) groups excluding carboxylic acids is 1. The number of hydrogen-bond acceptors (Lipinski definition) is 5. The second-order valence-corrected chi connectivity index (χ2v) is 4.43. The molecule has 0 saturated heterocycles. The Kier molecular flexibility index (Phi) is 4.05. The number of nitrogens with zero attached hydrogens (tertiary/aromatic N) is 4. The van der Waals surface area contributed by atoms with E-state index < -0.39 is 0 Å². The van der Waals surface area contributed by atoms with E-state index in [4.69, 9.17) is 4.42 Å². The molecule has 0 bridgehead atoms. The van der Waals surface area contributed by atoms with Crippen LogP contribution in [0.2, 0.25) is 0 Å². The van der Waals surface area contributed by atoms with Crippen LogP contribution in [0.15, 0.2) is 59.9 Å². The lowest BCUT2D eigenvalue weighted by atomic mass is 10.3. The summed E-state index contributed by atoms with van der Waals surface area (Å²) < 4.78 is 6.67. The molecule has 7 nitrogen and oxygen atoms in total. The van der Waals surface area contributed by atoms with Gasteiger partial charge < -0.3 is 9.73 Å². The Hall–Kier alpha value is -3.22. The van der Waals surface area contributed by atoms with Gasteiger partial charge in [0.15, 0.2) is 5.82 Å². The first-order valence-corrected chi connectivity index (χ1v) is 6.60. The van der Waals surface area contributed by atoms with E-state index in [0.717, 1.165) is 5.56 Å². The van der Waals surface area contributed by atoms with Gasteiger partial charge in [-0.1, -0.05) is 6.07 Å². The van der Waals surface area contributed by atoms with Gasteiger partial charge in [0.1, 0.15) is 18.4 Å². The first-order valence-electron chi connectivity index (χ1n) is 6.60. The Morgan fingerprint density at radius 2 is 2.32 bits per heavy atom. The van der Waals surface area contributed by atoms with Gasteiger partial charge in [0.2, 0.25) is 5.91 Å². The molecule has 22 heavy (non-hydrogen) atoms. The minimum Gasteiger partial charge on any atom is -0.465 e. The summed E-state index contributed by atoms with van der Waals surface area (Å²) >= 11 is 0. The van der Waals surface area contributed by atoms with Crippen molar-refractivity contribution in [2.45, 2.75) is 6.54 Å². The summed E-state index contributed by atoms with van der Waals surface area (Å²) in [4.78, 5) is 19.8. The molecule has 0 aliphatic carbocycles. The average molecular weight is 295 g/mol. The summed E-state index contributed by atoms with van der Waals surface area (Å²) in [5, 5.41) is 6.77. The van der Waals surface area contributed by atoms with Crippen LogP contribution in [0, 0.1) is 0 Å². The summed E-state index contributed by atoms with van der Waals surface area (Å²) in [6, 6.07) is 7.23. The standard InChI is InChI=1S/C15H13N5O2/c21-15(6-4-13-2-1-7-22-13)18-9-12-3-5-14(17-8-12)20-11-16-10-19-20/h1-8,10-11H,9H2,(H,18,21). The highest BCUT2D eigenvalue weighted by molar-refractivity contribution is 5.91. The molecule has 7 heteroatoms. The molecule has 1 amide bonds. The van der Waals surface area contributed by atoms with Gasteiger partial charge >= 0.3 is 0 Å². The third kappa shape index (κ3) is 3.45. The summed E-state index contributed by atoms with van der Waals surface area (Å²) in [5.74, 6) is 1.11. The van der Waals surface area contributed by atoms with Crippen molar-refractivity contribution >= 4 is 12.0 Å². The number of furan rings is 1. The van der Waals surface area contributed by atoms with E-state index in [1.54, 1.807) is 41.7 Å². The Balaban J connectivity index is 1.54. The molecular formula is C15H13N5O2. The normalized spacial score (nSPS) is 10.9. The number of rotatable bonds is 5. The highest BCUT2D eigenvalue weighted by Gasteiger charge is 2.01. The van der Waals surface area contributed by atoms with Crippen molar-refractivity contribution in [3.63, 3.8) is 0 Å². The fourth-order valence-corrected chi connectivity index (χ4v) is 1.78. The first kappa shape index (κ1) is 13.7. The molecule has 3 aromatic heterocycles. The Morgan fingerprint density at radius 1 is 1.36 bits per heavy atom. The number of pyridine rings is 1. The lowest BCUT2D eigenvalue weighted by molar-refractivity contribution is -0.116. The SMILES string of the molecule is O=C(C=Cc1ccco1)NCc1ccc(-n2cncn2)nc1. The zero-order valence-electron chi connectivity index (χ0n) is 11.6. The molecule has 0 radical (unpaired) electrons. The summed E-state index contributed by atoms with van der Waals surface area (Å²) in [6.07, 6.45) is 9.30. The molecule has 0 saturated carbocycles. The summed E-state index contributed by atoms with van der Waals surface area (Å²) in [7, 11) is 0. The third-order valence-electron chi connectivity index (χ3n) is 2.87. The van der Waals surface area contributed by atoms with E-state index in [1.165, 1.54) is 12.4 Å². The second-order valence-electron chi connectivity index (χ2n) is 4.43. The van der Waals surface area contributed by atoms with Gasteiger partial charge in [-0.15, -0.1) is 0 Å². The second kappa shape index (κ2) is 6.49. The largest absolute Gasteiger partial charge is 0.465 e. The van der Waals surface area contributed by atoms with Gasteiger partial charge in [0, 0.05) is 18.8 Å². The van der Waals surface area contributed by atoms with E-state index >= 15 is 0 Å². The molecule has 110 valence electrons. The van der Waals surface area contributed by atoms with Crippen LogP contribution in [0.4, 0.5) is 0 Å². The molecule has 0 aromatic carbocycles. The van der Waals surface area contributed by atoms with Crippen molar-refractivity contribution in [1.29, 1.82) is 0 Å². The van der Waals surface area contributed by atoms with E-state index in [2.05, 4.69) is 20.4 Å². The number of aromatic nitrogens is 4. The molecule has 0 fully saturated rings. The summed E-state index contributed by atoms with van der Waals surface area (Å²) in [6.45, 7) is 0.395. The number of nitrogens with one attached hydrogen (secondary N) is 1. The summed E-state index contributed by atoms with van der Waals surface area (Å²) in [5.41, 5.74) is 0.892. The highest BCUT2D eigenvalue weighted by atomic mass is 16.3. The predicted octanol–water partition coefficient (Wildman–Crippen LogP) is 1.58. The fraction of sp³-hybridized carbons (Fsp3) is 0.0667. The predicted molar refractivity (Wildman–Crippen MR) is 78.7 cm³/mol. The van der Waals surface area contributed by atoms with Gasteiger partial charge in [-0.3, -0.25) is 4.79 Å². The highest BCUT2D eigenvalue weighted by Crippen LogP contribution is 2.04. The first-order chi connectivity index (χ1) is 10.8. The Labute approximate surface area is 126 Å². The maximum Gasteiger partial charge on any atom is 0.244 e. The van der Waals surface area contributed by atoms with Crippen LogP contribution in [0.3, 0.4) is 0 Å². The maximum absolute atomic E-state index is 11.7. The molecule has 0 aliphatic rings. The molecule has 3 aromatic rings. The van der Waals surface area contributed by atoms with Gasteiger partial charge in [0.05, 0.1) is 6.26 Å². The van der Waals surface area contributed by atoms with E-state index in [9.17, 15) is 4.79 Å². The maximum atomic E-state index is 11.7. The number of amides is 1. The minimum absolute atomic E-state index is 0.197. The van der Waals surface area contributed by atoms with E-state index in [-0.39, 0.29) is 5.91 Å². The van der Waals surface area contributed by atoms with Crippen LogP contribution in [0.25, 0.3) is 11.9 Å². The average Bonchev–Trinajstić information content (AvgIpc) is 3.24. The van der Waals surface area contributed by atoms with Crippen LogP contribution in [-0.2, 0) is 11.3 Å². The van der Waals surface area contributed by atoms with Crippen molar-refractivity contribution in [2.75, 3.05) is 0 Å². The fourth-order valence-electron chi connectivity index (χ4n) is 1.78. The van der Waals surface area contributed by atoms with Crippen LogP contribution in [-0.4, -0.2) is 25.7 Å². The Bertz CT molecular complexity index is 746. The lowest BCUT2D eigenvalue weighted by Crippen LogP contribution is -2.20. The molecule has 0 atom stereocenters. The Morgan fingerprint density at radius 3 is 3.00 bits per heavy atom. The smallest absolute Gasteiger partial charge is 0.244 e. The zero-order valence-corrected chi connectivity index (χ0v) is 11.6. The van der Waals surface area contributed by atoms with Gasteiger partial charge in [-0.05, 0) is 29.8 Å². The lowest BCUT2D eigenvalue weighted by Gasteiger charge is -2.04. The van der Waals surface area contributed by atoms with Gasteiger partial charge in [-0.2, -0.15) is 5.10 Å². The van der Waals surface area contributed by atoms with Crippen molar-refractivity contribution in [3.8, 4) is 5.82 Å². The minimum atomic E-state index is -0.197. The number of hydrogen-bond donors (Lipinski definition) is 1. The van der Waals surface area contributed by atoms with E-state index in [0.29, 0.717) is 18.1 Å². The van der Waals surface area contributed by atoms with Crippen LogP contribution in [0.1, 0.15) is 11.3 Å². The molecular weight excluding hydrogens is 282 g/mol. The van der Waals surface area contributed by atoms with Crippen molar-refractivity contribution in [1.82, 2.24) is 25.1 Å². The molecule has 1 N–H and O–H groups in total. The van der Waals surface area contributed by atoms with Crippen LogP contribution < -0.4 is 5.32 Å². The quantitative estimate of drug-likeness (QED) is 0.722. The number of carbonyl (C=O) groups is 1. The van der Waals surface area contributed by atoms with E-state index in [1.807, 2.05) is 12.1 Å². The van der Waals surface area contributed by atoms with Crippen molar-refractivity contribution in [3.05, 3.63) is 66.8 Å². The molecule has 3 rings (SSSR count). The topological polar surface area (TPSA) is 85.8 Å². The van der Waals surface area contributed by atoms with Crippen molar-refractivity contribution < 1.29 is 9.21 Å². The van der Waals surface area contributed by atoms with Gasteiger partial charge in [0.25, 0.3) is 0 Å². The van der Waals surface area contributed by atoms with Gasteiger partial charge in [-0.25, -0.2) is 14.6 Å². The molecule has 3 heterocycles. The third-order valence-corrected chi connectivity index (χ3v) is 2.87. The molecule has 0 aliphatic heterocycles. The van der Waals surface area contributed by atoms with Crippen LogP contribution in [0.5, 0.6) is 0 Å². The van der Waals surface area contributed by atoms with Crippen LogP contribution >= 0.6 is 0 Å². The molecule has 0 unspecified atom stereocenters. The monoisotopic (exact) mass is 295 g/mol. The molecule has 0 spiro atoms. The zero-order chi connectivity index (χ0) is 15.2. The van der Waals surface area contributed by atoms with Crippen molar-refractivity contribution in [2.24, 2.45) is 0 Å².